The molecule has 4 heteroatoms. The van der Waals surface area contributed by atoms with Crippen molar-refractivity contribution in [2.45, 2.75) is 321 Å². The molecule has 4 nitrogen and oxygen atoms in total. The lowest BCUT2D eigenvalue weighted by Crippen LogP contribution is -2.45. The van der Waals surface area contributed by atoms with Crippen molar-refractivity contribution in [1.29, 1.82) is 0 Å². The van der Waals surface area contributed by atoms with Crippen molar-refractivity contribution in [2.24, 2.45) is 0 Å². The van der Waals surface area contributed by atoms with Crippen LogP contribution in [0.1, 0.15) is 309 Å². The fourth-order valence-corrected chi connectivity index (χ4v) is 9.13. The molecule has 2 unspecified atom stereocenters. The zero-order chi connectivity index (χ0) is 49.2. The van der Waals surface area contributed by atoms with Crippen molar-refractivity contribution in [1.82, 2.24) is 5.32 Å². The van der Waals surface area contributed by atoms with Gasteiger partial charge in [-0.15, -0.1) is 0 Å². The summed E-state index contributed by atoms with van der Waals surface area (Å²) in [5.74, 6) is -0.0700. The molecule has 0 aliphatic carbocycles. The van der Waals surface area contributed by atoms with E-state index in [9.17, 15) is 15.0 Å². The summed E-state index contributed by atoms with van der Waals surface area (Å²) < 4.78 is 0. The zero-order valence-electron chi connectivity index (χ0n) is 45.6. The highest BCUT2D eigenvalue weighted by atomic mass is 16.3. The third-order valence-electron chi connectivity index (χ3n) is 13.7. The Balaban J connectivity index is 3.40. The molecule has 0 bridgehead atoms. The number of hydrogen-bond acceptors (Lipinski definition) is 3. The second-order valence-electron chi connectivity index (χ2n) is 20.4. The van der Waals surface area contributed by atoms with E-state index in [0.29, 0.717) is 6.42 Å². The van der Waals surface area contributed by atoms with Crippen LogP contribution in [-0.4, -0.2) is 34.9 Å². The summed E-state index contributed by atoms with van der Waals surface area (Å²) in [7, 11) is 0. The van der Waals surface area contributed by atoms with Gasteiger partial charge in [0.25, 0.3) is 0 Å². The van der Waals surface area contributed by atoms with E-state index in [0.717, 1.165) is 57.8 Å². The Kier molecular flexibility index (Phi) is 57.3. The molecule has 0 saturated heterocycles. The van der Waals surface area contributed by atoms with Crippen molar-refractivity contribution in [3.8, 4) is 0 Å². The van der Waals surface area contributed by atoms with Gasteiger partial charge in [0.05, 0.1) is 18.8 Å². The van der Waals surface area contributed by atoms with Gasteiger partial charge in [-0.3, -0.25) is 4.79 Å². The standard InChI is InChI=1S/C64H117NO3/c1-3-5-7-9-11-13-15-17-19-20-21-22-23-24-25-26-27-28-29-30-31-32-33-34-35-36-37-38-39-40-41-42-43-44-46-48-50-52-54-56-58-60-64(68)65-62(61-66)63(67)59-57-55-53-51-49-47-45-18-16-14-12-10-8-6-4-2/h5,7,11,13,17,19,21-22,49,51,57,59,62-63,66-67H,3-4,6,8-10,12,14-16,18,20,23-48,50,52-56,58,60-61H2,1-2H3,(H,65,68)/b7-5-,13-11-,19-17-,22-21-,51-49+,59-57+. The molecular weight excluding hydrogens is 831 g/mol. The largest absolute Gasteiger partial charge is 0.394 e. The Morgan fingerprint density at radius 2 is 0.662 bits per heavy atom. The number of rotatable bonds is 55. The Morgan fingerprint density at radius 1 is 0.368 bits per heavy atom. The zero-order valence-corrected chi connectivity index (χ0v) is 45.6. The lowest BCUT2D eigenvalue weighted by atomic mass is 10.0. The molecule has 0 fully saturated rings. The maximum atomic E-state index is 12.5. The Bertz CT molecular complexity index is 1170. The molecule has 0 aromatic heterocycles. The van der Waals surface area contributed by atoms with Crippen LogP contribution in [0.15, 0.2) is 72.9 Å². The van der Waals surface area contributed by atoms with E-state index in [2.05, 4.69) is 79.9 Å². The van der Waals surface area contributed by atoms with Crippen LogP contribution in [0.2, 0.25) is 0 Å². The monoisotopic (exact) mass is 948 g/mol. The molecule has 3 N–H and O–H groups in total. The van der Waals surface area contributed by atoms with E-state index < -0.39 is 12.1 Å². The van der Waals surface area contributed by atoms with Gasteiger partial charge in [-0.05, 0) is 70.6 Å². The summed E-state index contributed by atoms with van der Waals surface area (Å²) >= 11 is 0. The maximum absolute atomic E-state index is 12.5. The summed E-state index contributed by atoms with van der Waals surface area (Å²) in [5.41, 5.74) is 0. The number of aliphatic hydroxyl groups excluding tert-OH is 2. The van der Waals surface area contributed by atoms with E-state index in [1.807, 2.05) is 6.08 Å². The predicted octanol–water partition coefficient (Wildman–Crippen LogP) is 20.1. The van der Waals surface area contributed by atoms with Crippen LogP contribution >= 0.6 is 0 Å². The minimum Gasteiger partial charge on any atom is -0.394 e. The molecule has 0 saturated carbocycles. The summed E-state index contributed by atoms with van der Waals surface area (Å²) in [6, 6.07) is -0.638. The predicted molar refractivity (Wildman–Crippen MR) is 304 cm³/mol. The van der Waals surface area contributed by atoms with E-state index in [4.69, 9.17) is 0 Å². The highest BCUT2D eigenvalue weighted by molar-refractivity contribution is 5.76. The van der Waals surface area contributed by atoms with Gasteiger partial charge >= 0.3 is 0 Å². The summed E-state index contributed by atoms with van der Waals surface area (Å²) in [6.45, 7) is 4.19. The first-order valence-corrected chi connectivity index (χ1v) is 30.2. The molecule has 0 aliphatic heterocycles. The fraction of sp³-hybridized carbons (Fsp3) is 0.797. The molecular formula is C64H117NO3. The summed E-state index contributed by atoms with van der Waals surface area (Å²) in [5, 5.41) is 23.1. The van der Waals surface area contributed by atoms with Gasteiger partial charge < -0.3 is 15.5 Å². The molecule has 2 atom stereocenters. The summed E-state index contributed by atoms with van der Waals surface area (Å²) in [6.07, 6.45) is 85.3. The molecule has 0 heterocycles. The number of carbonyl (C=O) groups is 1. The Labute approximate surface area is 425 Å². The minimum absolute atomic E-state index is 0.0700. The van der Waals surface area contributed by atoms with Gasteiger partial charge in [-0.2, -0.15) is 0 Å². The van der Waals surface area contributed by atoms with Gasteiger partial charge in [0, 0.05) is 6.42 Å². The van der Waals surface area contributed by atoms with Gasteiger partial charge in [0.1, 0.15) is 0 Å². The van der Waals surface area contributed by atoms with Gasteiger partial charge in [-0.25, -0.2) is 0 Å². The van der Waals surface area contributed by atoms with Gasteiger partial charge in [0.2, 0.25) is 5.91 Å². The van der Waals surface area contributed by atoms with Crippen LogP contribution in [0.4, 0.5) is 0 Å². The average molecular weight is 949 g/mol. The van der Waals surface area contributed by atoms with Crippen molar-refractivity contribution < 1.29 is 15.0 Å². The lowest BCUT2D eigenvalue weighted by Gasteiger charge is -2.19. The van der Waals surface area contributed by atoms with Crippen LogP contribution in [-0.2, 0) is 4.79 Å². The molecule has 68 heavy (non-hydrogen) atoms. The second-order valence-corrected chi connectivity index (χ2v) is 20.4. The van der Waals surface area contributed by atoms with Crippen LogP contribution in [0, 0.1) is 0 Å². The molecule has 1 amide bonds. The van der Waals surface area contributed by atoms with E-state index in [1.54, 1.807) is 6.08 Å². The Morgan fingerprint density at radius 3 is 1.03 bits per heavy atom. The van der Waals surface area contributed by atoms with Crippen molar-refractivity contribution in [3.63, 3.8) is 0 Å². The number of allylic oxidation sites excluding steroid dienone is 11. The second kappa shape index (κ2) is 59.1. The molecule has 0 aromatic rings. The number of unbranched alkanes of at least 4 members (excludes halogenated alkanes) is 38. The number of aliphatic hydroxyl groups is 2. The third kappa shape index (κ3) is 54.8. The van der Waals surface area contributed by atoms with Crippen molar-refractivity contribution in [3.05, 3.63) is 72.9 Å². The molecule has 396 valence electrons. The topological polar surface area (TPSA) is 69.6 Å². The van der Waals surface area contributed by atoms with Crippen LogP contribution in [0.5, 0.6) is 0 Å². The first-order valence-electron chi connectivity index (χ1n) is 30.2. The molecule has 0 aliphatic rings. The smallest absolute Gasteiger partial charge is 0.220 e. The molecule has 0 aromatic carbocycles. The Hall–Kier alpha value is -2.17. The fourth-order valence-electron chi connectivity index (χ4n) is 9.13. The minimum atomic E-state index is -0.861. The number of nitrogens with one attached hydrogen (secondary N) is 1. The van der Waals surface area contributed by atoms with Crippen LogP contribution in [0.3, 0.4) is 0 Å². The first-order chi connectivity index (χ1) is 33.7. The highest BCUT2D eigenvalue weighted by Crippen LogP contribution is 2.17. The normalized spacial score (nSPS) is 13.3. The molecule has 0 rings (SSSR count). The van der Waals surface area contributed by atoms with Crippen LogP contribution < -0.4 is 5.32 Å². The average Bonchev–Trinajstić information content (AvgIpc) is 3.34. The van der Waals surface area contributed by atoms with E-state index in [-0.39, 0.29) is 12.5 Å². The van der Waals surface area contributed by atoms with Gasteiger partial charge in [0.15, 0.2) is 0 Å². The van der Waals surface area contributed by atoms with Crippen molar-refractivity contribution in [2.75, 3.05) is 6.61 Å². The quantitative estimate of drug-likeness (QED) is 0.0420. The van der Waals surface area contributed by atoms with E-state index >= 15 is 0 Å². The number of carbonyl (C=O) groups excluding carboxylic acids is 1. The summed E-state index contributed by atoms with van der Waals surface area (Å²) in [4.78, 5) is 12.5. The number of hydrogen-bond donors (Lipinski definition) is 3. The number of amides is 1. The van der Waals surface area contributed by atoms with E-state index in [1.165, 1.54) is 231 Å². The molecule has 0 radical (unpaired) electrons. The van der Waals surface area contributed by atoms with Crippen LogP contribution in [0.25, 0.3) is 0 Å². The third-order valence-corrected chi connectivity index (χ3v) is 13.7. The maximum Gasteiger partial charge on any atom is 0.220 e. The molecule has 0 spiro atoms. The highest BCUT2D eigenvalue weighted by Gasteiger charge is 2.18. The van der Waals surface area contributed by atoms with Gasteiger partial charge in [-0.1, -0.05) is 305 Å². The lowest BCUT2D eigenvalue weighted by molar-refractivity contribution is -0.123. The SMILES string of the molecule is CC/C=C\C/C=C\C/C=C\C/C=C\CCCCCCCCCCCCCCCCCCCCCCCCCCCCCCC(=O)NC(CO)C(O)/C=C/CC/C=C/CCCCCCCCCCC. The first kappa shape index (κ1) is 65.8. The van der Waals surface area contributed by atoms with Crippen molar-refractivity contribution >= 4 is 5.91 Å².